The maximum absolute atomic E-state index is 12.8. The third kappa shape index (κ3) is 2.95. The molecule has 1 amide bonds. The van der Waals surface area contributed by atoms with Crippen LogP contribution in [0.15, 0.2) is 6.07 Å². The first kappa shape index (κ1) is 17.7. The molecule has 2 fully saturated rings. The number of aromatic nitrogens is 2. The Morgan fingerprint density at radius 2 is 2.04 bits per heavy atom. The van der Waals surface area contributed by atoms with Crippen LogP contribution in [0.2, 0.25) is 0 Å². The number of hydrogen-bond donors (Lipinski definition) is 2. The topological polar surface area (TPSA) is 72.9 Å². The average Bonchev–Trinajstić information content (AvgIpc) is 3.02. The zero-order valence-corrected chi connectivity index (χ0v) is 15.8. The van der Waals surface area contributed by atoms with Crippen molar-refractivity contribution >= 4 is 39.9 Å². The lowest BCUT2D eigenvalue weighted by molar-refractivity contribution is 0.0759. The summed E-state index contributed by atoms with van der Waals surface area (Å²) in [5.74, 6) is 1.18. The predicted octanol–water partition coefficient (Wildman–Crippen LogP) is 3.00. The van der Waals surface area contributed by atoms with Gasteiger partial charge in [0.1, 0.15) is 4.83 Å². The molecule has 3 N–H and O–H groups in total. The van der Waals surface area contributed by atoms with Crippen molar-refractivity contribution in [2.45, 2.75) is 51.1 Å². The molecule has 0 radical (unpaired) electrons. The zero-order chi connectivity index (χ0) is 16.1. The second-order valence-corrected chi connectivity index (χ2v) is 8.25. The summed E-state index contributed by atoms with van der Waals surface area (Å²) in [6.07, 6.45) is 5.78. The largest absolute Gasteiger partial charge is 0.348 e. The van der Waals surface area contributed by atoms with E-state index in [1.54, 1.807) is 0 Å². The monoisotopic (exact) mass is 368 g/mol. The van der Waals surface area contributed by atoms with Crippen LogP contribution in [0.4, 0.5) is 0 Å². The molecule has 5 nitrogen and oxygen atoms in total. The Labute approximate surface area is 152 Å². The average molecular weight is 369 g/mol. The van der Waals surface area contributed by atoms with Gasteiger partial charge in [0, 0.05) is 24.5 Å². The highest BCUT2D eigenvalue weighted by molar-refractivity contribution is 7.20. The minimum absolute atomic E-state index is 0. The van der Waals surface area contributed by atoms with Crippen molar-refractivity contribution in [3.05, 3.63) is 16.6 Å². The number of nitrogens with zero attached hydrogens (tertiary/aromatic N) is 2. The number of fused-ring (bicyclic) bond motifs is 3. The maximum Gasteiger partial charge on any atom is 0.261 e. The molecule has 2 unspecified atom stereocenters. The van der Waals surface area contributed by atoms with E-state index in [4.69, 9.17) is 5.73 Å². The minimum atomic E-state index is 0. The van der Waals surface area contributed by atoms with Gasteiger partial charge in [0.15, 0.2) is 0 Å². The van der Waals surface area contributed by atoms with Crippen molar-refractivity contribution in [1.29, 1.82) is 0 Å². The second-order valence-electron chi connectivity index (χ2n) is 7.22. The van der Waals surface area contributed by atoms with Crippen LogP contribution in [0, 0.1) is 18.8 Å². The molecular formula is C17H25ClN4OS. The molecule has 0 saturated heterocycles. The molecule has 0 spiro atoms. The van der Waals surface area contributed by atoms with Crippen LogP contribution in [0.3, 0.4) is 0 Å². The zero-order valence-electron chi connectivity index (χ0n) is 14.1. The van der Waals surface area contributed by atoms with Gasteiger partial charge in [-0.05, 0) is 50.5 Å². The quantitative estimate of drug-likeness (QED) is 0.855. The van der Waals surface area contributed by atoms with E-state index in [1.807, 2.05) is 24.7 Å². The van der Waals surface area contributed by atoms with Gasteiger partial charge in [-0.1, -0.05) is 6.42 Å². The van der Waals surface area contributed by atoms with E-state index >= 15 is 0 Å². The van der Waals surface area contributed by atoms with Gasteiger partial charge in [0.05, 0.1) is 10.6 Å². The Hall–Kier alpha value is -1.11. The van der Waals surface area contributed by atoms with Crippen molar-refractivity contribution < 1.29 is 4.79 Å². The molecule has 2 atom stereocenters. The third-order valence-corrected chi connectivity index (χ3v) is 6.79. The summed E-state index contributed by atoms with van der Waals surface area (Å²) >= 11 is 1.53. The van der Waals surface area contributed by atoms with E-state index in [0.29, 0.717) is 23.9 Å². The Balaban J connectivity index is 0.00000169. The van der Waals surface area contributed by atoms with Crippen LogP contribution in [0.5, 0.6) is 0 Å². The molecule has 132 valence electrons. The number of thiophene rings is 1. The first-order valence-electron chi connectivity index (χ1n) is 8.52. The number of aryl methyl sites for hydroxylation is 2. The second kappa shape index (κ2) is 6.65. The lowest BCUT2D eigenvalue weighted by atomic mass is 9.67. The number of carbonyl (C=O) groups excluding carboxylic acids is 1. The molecule has 2 saturated carbocycles. The number of rotatable bonds is 2. The Bertz CT molecular complexity index is 707. The fraction of sp³-hybridized carbons (Fsp3) is 0.647. The predicted molar refractivity (Wildman–Crippen MR) is 99.9 cm³/mol. The van der Waals surface area contributed by atoms with E-state index < -0.39 is 0 Å². The number of nitrogens with two attached hydrogens (primary N) is 1. The van der Waals surface area contributed by atoms with Gasteiger partial charge in [-0.2, -0.15) is 5.10 Å². The number of amides is 1. The highest BCUT2D eigenvalue weighted by Gasteiger charge is 2.40. The van der Waals surface area contributed by atoms with Crippen LogP contribution in [0.1, 0.15) is 47.5 Å². The highest BCUT2D eigenvalue weighted by Crippen LogP contribution is 2.40. The third-order valence-electron chi connectivity index (χ3n) is 5.59. The summed E-state index contributed by atoms with van der Waals surface area (Å²) in [4.78, 5) is 14.6. The van der Waals surface area contributed by atoms with Gasteiger partial charge in [-0.3, -0.25) is 9.48 Å². The molecule has 0 aromatic carbocycles. The molecule has 24 heavy (non-hydrogen) atoms. The summed E-state index contributed by atoms with van der Waals surface area (Å²) in [5.41, 5.74) is 7.16. The number of carbonyl (C=O) groups is 1. The van der Waals surface area contributed by atoms with Crippen LogP contribution in [-0.4, -0.2) is 27.8 Å². The number of halogens is 1. The molecule has 2 aromatic heterocycles. The maximum atomic E-state index is 12.8. The van der Waals surface area contributed by atoms with Crippen LogP contribution in [0.25, 0.3) is 10.2 Å². The molecule has 2 aromatic rings. The number of hydrogen-bond acceptors (Lipinski definition) is 4. The lowest BCUT2D eigenvalue weighted by Crippen LogP contribution is -2.53. The van der Waals surface area contributed by atoms with E-state index in [2.05, 4.69) is 10.4 Å². The van der Waals surface area contributed by atoms with Gasteiger partial charge in [0.2, 0.25) is 0 Å². The summed E-state index contributed by atoms with van der Waals surface area (Å²) in [6.45, 7) is 1.99. The fourth-order valence-corrected chi connectivity index (χ4v) is 5.59. The first-order chi connectivity index (χ1) is 11.0. The molecule has 0 aliphatic heterocycles. The fourth-order valence-electron chi connectivity index (χ4n) is 4.56. The molecular weight excluding hydrogens is 344 g/mol. The molecule has 2 heterocycles. The Morgan fingerprint density at radius 1 is 1.38 bits per heavy atom. The molecule has 2 aliphatic carbocycles. The minimum Gasteiger partial charge on any atom is -0.348 e. The molecule has 4 rings (SSSR count). The summed E-state index contributed by atoms with van der Waals surface area (Å²) in [5, 5.41) is 8.83. The lowest BCUT2D eigenvalue weighted by Gasteiger charge is -2.45. The summed E-state index contributed by atoms with van der Waals surface area (Å²) in [6, 6.07) is 2.61. The van der Waals surface area contributed by atoms with Crippen molar-refractivity contribution in [2.75, 3.05) is 0 Å². The molecule has 2 bridgehead atoms. The highest BCUT2D eigenvalue weighted by atomic mass is 35.5. The standard InChI is InChI=1S/C17H24N4OS.ClH/c1-9-13-8-14(23-17(13)21(2)20-9)16(22)19-15-10-4-3-5-11(15)7-12(18)6-10;/h8,10-12,15H,3-7,18H2,1-2H3,(H,19,22);1H. The van der Waals surface area contributed by atoms with Crippen molar-refractivity contribution in [3.8, 4) is 0 Å². The van der Waals surface area contributed by atoms with Crippen LogP contribution in [-0.2, 0) is 7.05 Å². The van der Waals surface area contributed by atoms with Crippen molar-refractivity contribution in [3.63, 3.8) is 0 Å². The Morgan fingerprint density at radius 3 is 2.67 bits per heavy atom. The van der Waals surface area contributed by atoms with E-state index in [1.165, 1.54) is 30.6 Å². The van der Waals surface area contributed by atoms with Crippen molar-refractivity contribution in [2.24, 2.45) is 24.6 Å². The normalized spacial score (nSPS) is 29.3. The van der Waals surface area contributed by atoms with E-state index in [0.717, 1.165) is 33.6 Å². The molecule has 2 aliphatic rings. The first-order valence-corrected chi connectivity index (χ1v) is 9.34. The van der Waals surface area contributed by atoms with Gasteiger partial charge in [-0.15, -0.1) is 23.7 Å². The van der Waals surface area contributed by atoms with E-state index in [9.17, 15) is 4.79 Å². The van der Waals surface area contributed by atoms with Gasteiger partial charge < -0.3 is 11.1 Å². The van der Waals surface area contributed by atoms with Crippen LogP contribution >= 0.6 is 23.7 Å². The van der Waals surface area contributed by atoms with Gasteiger partial charge >= 0.3 is 0 Å². The summed E-state index contributed by atoms with van der Waals surface area (Å²) in [7, 11) is 1.93. The van der Waals surface area contributed by atoms with Crippen molar-refractivity contribution in [1.82, 2.24) is 15.1 Å². The smallest absolute Gasteiger partial charge is 0.261 e. The van der Waals surface area contributed by atoms with Crippen LogP contribution < -0.4 is 11.1 Å². The number of nitrogens with one attached hydrogen (secondary N) is 1. The van der Waals surface area contributed by atoms with E-state index in [-0.39, 0.29) is 18.3 Å². The Kier molecular flexibility index (Phi) is 4.91. The van der Waals surface area contributed by atoms with Gasteiger partial charge in [0.25, 0.3) is 5.91 Å². The SMILES string of the molecule is Cc1nn(C)c2sc(C(=O)NC3C4CCCC3CC(N)C4)cc12.Cl. The van der Waals surface area contributed by atoms with Gasteiger partial charge in [-0.25, -0.2) is 0 Å². The molecule has 7 heteroatoms. The summed E-state index contributed by atoms with van der Waals surface area (Å²) < 4.78 is 1.86.